The highest BCUT2D eigenvalue weighted by molar-refractivity contribution is 6.35. The summed E-state index contributed by atoms with van der Waals surface area (Å²) in [4.78, 5) is 64.7. The highest BCUT2D eigenvalue weighted by atomic mass is 16.5. The number of fused-ring (bicyclic) bond motifs is 4. The molecule has 0 saturated heterocycles. The SMILES string of the molecule is CCOC(=O)[C@H]1C(=O)c2c(ccc3c2C(=O)c2ccccc2C3=O)N1C(C)=O. The Morgan fingerprint density at radius 1 is 0.929 bits per heavy atom. The third kappa shape index (κ3) is 2.26. The number of ether oxygens (including phenoxy) is 1. The third-order valence-corrected chi connectivity index (χ3v) is 4.93. The molecule has 0 aromatic heterocycles. The predicted octanol–water partition coefficient (Wildman–Crippen LogP) is 1.94. The van der Waals surface area contributed by atoms with Crippen molar-refractivity contribution in [2.75, 3.05) is 11.5 Å². The standard InChI is InChI=1S/C21H15NO6/c1-3-28-21(27)17-20(26)16-14(22(17)10(2)23)9-8-13-15(16)19(25)12-7-5-4-6-11(12)18(13)24/h4-9,17H,3H2,1-2H3/t17-/m1/s1. The molecule has 0 N–H and O–H groups in total. The lowest BCUT2D eigenvalue weighted by atomic mass is 9.81. The zero-order chi connectivity index (χ0) is 20.2. The van der Waals surface area contributed by atoms with Gasteiger partial charge in [-0.3, -0.25) is 24.1 Å². The minimum Gasteiger partial charge on any atom is -0.464 e. The van der Waals surface area contributed by atoms with Crippen molar-refractivity contribution in [2.45, 2.75) is 19.9 Å². The van der Waals surface area contributed by atoms with Gasteiger partial charge in [-0.1, -0.05) is 24.3 Å². The van der Waals surface area contributed by atoms with Gasteiger partial charge in [0.05, 0.1) is 17.9 Å². The van der Waals surface area contributed by atoms with E-state index in [1.165, 1.54) is 25.1 Å². The molecule has 1 heterocycles. The van der Waals surface area contributed by atoms with Crippen molar-refractivity contribution in [3.05, 3.63) is 64.2 Å². The van der Waals surface area contributed by atoms with E-state index in [9.17, 15) is 24.0 Å². The van der Waals surface area contributed by atoms with Crippen molar-refractivity contribution in [3.8, 4) is 0 Å². The Kier molecular flexibility index (Phi) is 3.96. The fraction of sp³-hybridized carbons (Fsp3) is 0.190. The van der Waals surface area contributed by atoms with E-state index in [2.05, 4.69) is 0 Å². The maximum Gasteiger partial charge on any atom is 0.337 e. The molecular formula is C21H15NO6. The molecule has 7 heteroatoms. The normalized spacial score (nSPS) is 17.1. The van der Waals surface area contributed by atoms with Crippen molar-refractivity contribution >= 4 is 34.9 Å². The lowest BCUT2D eigenvalue weighted by molar-refractivity contribution is -0.144. The second-order valence-electron chi connectivity index (χ2n) is 6.49. The molecule has 1 aliphatic heterocycles. The molecule has 0 unspecified atom stereocenters. The van der Waals surface area contributed by atoms with Gasteiger partial charge in [0.1, 0.15) is 0 Å². The van der Waals surface area contributed by atoms with Crippen molar-refractivity contribution < 1.29 is 28.7 Å². The summed E-state index contributed by atoms with van der Waals surface area (Å²) in [7, 11) is 0. The summed E-state index contributed by atoms with van der Waals surface area (Å²) in [5.74, 6) is -3.00. The van der Waals surface area contributed by atoms with Gasteiger partial charge in [0.25, 0.3) is 0 Å². The van der Waals surface area contributed by atoms with Gasteiger partial charge in [-0.15, -0.1) is 0 Å². The second-order valence-corrected chi connectivity index (χ2v) is 6.49. The van der Waals surface area contributed by atoms with Crippen molar-refractivity contribution in [1.82, 2.24) is 0 Å². The van der Waals surface area contributed by atoms with E-state index in [0.717, 1.165) is 4.90 Å². The third-order valence-electron chi connectivity index (χ3n) is 4.93. The topological polar surface area (TPSA) is 97.8 Å². The minimum absolute atomic E-state index is 0.0353. The summed E-state index contributed by atoms with van der Waals surface area (Å²) in [6.07, 6.45) is 0. The number of hydrogen-bond donors (Lipinski definition) is 0. The van der Waals surface area contributed by atoms with Crippen LogP contribution in [0, 0.1) is 0 Å². The van der Waals surface area contributed by atoms with Crippen LogP contribution in [0.5, 0.6) is 0 Å². The Labute approximate surface area is 159 Å². The lowest BCUT2D eigenvalue weighted by Gasteiger charge is -2.22. The number of rotatable bonds is 2. The van der Waals surface area contributed by atoms with Gasteiger partial charge < -0.3 is 4.74 Å². The number of esters is 1. The molecule has 1 atom stereocenters. The van der Waals surface area contributed by atoms with Crippen LogP contribution in [0.15, 0.2) is 36.4 Å². The molecule has 1 aliphatic carbocycles. The van der Waals surface area contributed by atoms with Crippen LogP contribution in [-0.4, -0.2) is 41.9 Å². The van der Waals surface area contributed by atoms with Crippen LogP contribution in [0.3, 0.4) is 0 Å². The molecule has 140 valence electrons. The van der Waals surface area contributed by atoms with Gasteiger partial charge in [0, 0.05) is 29.2 Å². The van der Waals surface area contributed by atoms with Gasteiger partial charge >= 0.3 is 5.97 Å². The highest BCUT2D eigenvalue weighted by Gasteiger charge is 2.49. The van der Waals surface area contributed by atoms with E-state index in [4.69, 9.17) is 4.74 Å². The quantitative estimate of drug-likeness (QED) is 0.500. The largest absolute Gasteiger partial charge is 0.464 e. The number of hydrogen-bond acceptors (Lipinski definition) is 6. The smallest absolute Gasteiger partial charge is 0.337 e. The van der Waals surface area contributed by atoms with Crippen LogP contribution in [0.2, 0.25) is 0 Å². The molecule has 2 aromatic rings. The molecule has 0 spiro atoms. The van der Waals surface area contributed by atoms with Gasteiger partial charge in [-0.25, -0.2) is 4.79 Å². The number of ketones is 3. The summed E-state index contributed by atoms with van der Waals surface area (Å²) >= 11 is 0. The van der Waals surface area contributed by atoms with Crippen LogP contribution < -0.4 is 4.90 Å². The fourth-order valence-electron chi connectivity index (χ4n) is 3.80. The highest BCUT2D eigenvalue weighted by Crippen LogP contribution is 2.40. The Morgan fingerprint density at radius 3 is 2.18 bits per heavy atom. The van der Waals surface area contributed by atoms with Crippen LogP contribution in [-0.2, 0) is 14.3 Å². The molecular weight excluding hydrogens is 362 g/mol. The minimum atomic E-state index is -1.50. The first-order chi connectivity index (χ1) is 13.4. The monoisotopic (exact) mass is 377 g/mol. The first-order valence-electron chi connectivity index (χ1n) is 8.74. The van der Waals surface area contributed by atoms with Crippen molar-refractivity contribution in [2.24, 2.45) is 0 Å². The van der Waals surface area contributed by atoms with E-state index < -0.39 is 29.5 Å². The van der Waals surface area contributed by atoms with E-state index >= 15 is 0 Å². The number of nitrogens with zero attached hydrogens (tertiary/aromatic N) is 1. The predicted molar refractivity (Wildman–Crippen MR) is 97.7 cm³/mol. The molecule has 1 amide bonds. The Hall–Kier alpha value is -3.61. The average molecular weight is 377 g/mol. The molecule has 7 nitrogen and oxygen atoms in total. The number of Topliss-reactive ketones (excluding diaryl/α,β-unsaturated/α-hetero) is 1. The Morgan fingerprint density at radius 2 is 1.57 bits per heavy atom. The van der Waals surface area contributed by atoms with Gasteiger partial charge in [-0.05, 0) is 19.1 Å². The van der Waals surface area contributed by atoms with Crippen molar-refractivity contribution in [3.63, 3.8) is 0 Å². The summed E-state index contributed by atoms with van der Waals surface area (Å²) in [6, 6.07) is 7.69. The van der Waals surface area contributed by atoms with Crippen LogP contribution in [0.1, 0.15) is 56.0 Å². The maximum absolute atomic E-state index is 13.1. The van der Waals surface area contributed by atoms with Crippen LogP contribution >= 0.6 is 0 Å². The zero-order valence-corrected chi connectivity index (χ0v) is 15.1. The molecule has 28 heavy (non-hydrogen) atoms. The number of anilines is 1. The molecule has 0 bridgehead atoms. The van der Waals surface area contributed by atoms with E-state index in [-0.39, 0.29) is 45.9 Å². The summed E-state index contributed by atoms with van der Waals surface area (Å²) in [6.45, 7) is 2.84. The van der Waals surface area contributed by atoms with E-state index in [1.54, 1.807) is 25.1 Å². The number of carbonyl (C=O) groups excluding carboxylic acids is 5. The van der Waals surface area contributed by atoms with E-state index in [1.807, 2.05) is 0 Å². The first kappa shape index (κ1) is 17.8. The zero-order valence-electron chi connectivity index (χ0n) is 15.1. The molecule has 2 aliphatic rings. The van der Waals surface area contributed by atoms with E-state index in [0.29, 0.717) is 0 Å². The fourth-order valence-corrected chi connectivity index (χ4v) is 3.80. The van der Waals surface area contributed by atoms with Gasteiger partial charge in [0.15, 0.2) is 23.4 Å². The van der Waals surface area contributed by atoms with Crippen LogP contribution in [0.4, 0.5) is 5.69 Å². The summed E-state index contributed by atoms with van der Waals surface area (Å²) < 4.78 is 4.95. The van der Waals surface area contributed by atoms with Gasteiger partial charge in [-0.2, -0.15) is 0 Å². The first-order valence-corrected chi connectivity index (χ1v) is 8.74. The van der Waals surface area contributed by atoms with Crippen LogP contribution in [0.25, 0.3) is 0 Å². The lowest BCUT2D eigenvalue weighted by Crippen LogP contribution is -2.45. The number of amides is 1. The molecule has 0 saturated carbocycles. The molecule has 0 fully saturated rings. The maximum atomic E-state index is 13.1. The average Bonchev–Trinajstić information content (AvgIpc) is 2.99. The Balaban J connectivity index is 1.96. The molecule has 4 rings (SSSR count). The summed E-state index contributed by atoms with van der Waals surface area (Å²) in [5.41, 5.74) is 0.521. The molecule has 0 radical (unpaired) electrons. The van der Waals surface area contributed by atoms with Gasteiger partial charge in [0.2, 0.25) is 5.91 Å². The number of benzene rings is 2. The Bertz CT molecular complexity index is 1100. The van der Waals surface area contributed by atoms with Crippen molar-refractivity contribution in [1.29, 1.82) is 0 Å². The number of carbonyl (C=O) groups is 5. The summed E-state index contributed by atoms with van der Waals surface area (Å²) in [5, 5.41) is 0. The molecule has 2 aromatic carbocycles. The second kappa shape index (κ2) is 6.23.